The molecule has 0 aliphatic carbocycles. The maximum atomic E-state index is 12.5. The normalized spacial score (nSPS) is 12.6. The largest absolute Gasteiger partial charge is 0.466 e. The van der Waals surface area contributed by atoms with E-state index in [1.54, 1.807) is 6.08 Å². The van der Waals surface area contributed by atoms with Crippen LogP contribution in [0.2, 0.25) is 0 Å². The van der Waals surface area contributed by atoms with Crippen LogP contribution in [0.4, 0.5) is 0 Å². The highest BCUT2D eigenvalue weighted by atomic mass is 16.5. The highest BCUT2D eigenvalue weighted by Gasteiger charge is 2.18. The van der Waals surface area contributed by atoms with Crippen LogP contribution < -0.4 is 5.32 Å². The van der Waals surface area contributed by atoms with Crippen LogP contribution >= 0.6 is 0 Å². The summed E-state index contributed by atoms with van der Waals surface area (Å²) in [6.45, 7) is 4.90. The fraction of sp³-hybridized carbons (Fsp3) is 0.919. The number of carbonyl (C=O) groups is 2. The third-order valence-corrected chi connectivity index (χ3v) is 17.2. The molecule has 0 bridgehead atoms. The molecule has 474 valence electrons. The zero-order valence-corrected chi connectivity index (χ0v) is 54.3. The number of hydrogen-bond donors (Lipinski definition) is 3. The molecule has 0 spiro atoms. The van der Waals surface area contributed by atoms with Gasteiger partial charge in [-0.3, -0.25) is 9.59 Å². The first-order valence-corrected chi connectivity index (χ1v) is 36.6. The summed E-state index contributed by atoms with van der Waals surface area (Å²) in [4.78, 5) is 24.5. The van der Waals surface area contributed by atoms with Crippen molar-refractivity contribution in [3.8, 4) is 0 Å². The van der Waals surface area contributed by atoms with Crippen molar-refractivity contribution in [2.45, 2.75) is 424 Å². The smallest absolute Gasteiger partial charge is 0.305 e. The number of rotatable bonds is 69. The molecule has 0 aromatic carbocycles. The molecular weight excluding hydrogens is 983 g/mol. The Morgan fingerprint density at radius 2 is 0.600 bits per heavy atom. The fourth-order valence-electron chi connectivity index (χ4n) is 11.6. The number of unbranched alkanes of at least 4 members (excludes halogenated alkanes) is 56. The Hall–Kier alpha value is -1.66. The van der Waals surface area contributed by atoms with E-state index in [4.69, 9.17) is 4.74 Å². The number of hydrogen-bond acceptors (Lipinski definition) is 5. The predicted molar refractivity (Wildman–Crippen MR) is 352 cm³/mol. The zero-order chi connectivity index (χ0) is 57.8. The number of ether oxygens (including phenoxy) is 1. The number of aliphatic hydroxyl groups excluding tert-OH is 2. The van der Waals surface area contributed by atoms with Gasteiger partial charge in [0, 0.05) is 12.8 Å². The van der Waals surface area contributed by atoms with Crippen LogP contribution in [0.25, 0.3) is 0 Å². The lowest BCUT2D eigenvalue weighted by molar-refractivity contribution is -0.143. The van der Waals surface area contributed by atoms with Gasteiger partial charge in [0.05, 0.1) is 25.4 Å². The van der Waals surface area contributed by atoms with Crippen molar-refractivity contribution in [1.82, 2.24) is 5.32 Å². The number of carbonyl (C=O) groups excluding carboxylic acids is 2. The van der Waals surface area contributed by atoms with Crippen LogP contribution in [0.3, 0.4) is 0 Å². The molecule has 0 saturated heterocycles. The Bertz CT molecular complexity index is 1250. The Kier molecular flexibility index (Phi) is 68.4. The van der Waals surface area contributed by atoms with E-state index < -0.39 is 12.1 Å². The molecule has 1 amide bonds. The van der Waals surface area contributed by atoms with Gasteiger partial charge in [0.1, 0.15) is 0 Å². The minimum absolute atomic E-state index is 0.0125. The Labute approximate surface area is 501 Å². The summed E-state index contributed by atoms with van der Waals surface area (Å²) in [5.74, 6) is -0.0470. The topological polar surface area (TPSA) is 95.9 Å². The zero-order valence-electron chi connectivity index (χ0n) is 54.3. The molecule has 0 aromatic rings. The van der Waals surface area contributed by atoms with Gasteiger partial charge in [0.15, 0.2) is 0 Å². The average molecular weight is 1130 g/mol. The molecule has 80 heavy (non-hydrogen) atoms. The van der Waals surface area contributed by atoms with Crippen molar-refractivity contribution in [3.63, 3.8) is 0 Å². The van der Waals surface area contributed by atoms with Gasteiger partial charge < -0.3 is 20.3 Å². The lowest BCUT2D eigenvalue weighted by atomic mass is 10.0. The summed E-state index contributed by atoms with van der Waals surface area (Å²) in [5, 5.41) is 23.2. The van der Waals surface area contributed by atoms with Gasteiger partial charge in [-0.05, 0) is 51.4 Å². The monoisotopic (exact) mass is 1130 g/mol. The van der Waals surface area contributed by atoms with Crippen LogP contribution in [-0.2, 0) is 14.3 Å². The van der Waals surface area contributed by atoms with E-state index in [0.29, 0.717) is 19.4 Å². The molecule has 0 aromatic heterocycles. The van der Waals surface area contributed by atoms with Crippen molar-refractivity contribution >= 4 is 11.9 Å². The van der Waals surface area contributed by atoms with Crippen molar-refractivity contribution < 1.29 is 24.5 Å². The molecule has 0 aliphatic heterocycles. The second-order valence-electron chi connectivity index (χ2n) is 25.3. The maximum Gasteiger partial charge on any atom is 0.305 e. The van der Waals surface area contributed by atoms with E-state index in [-0.39, 0.29) is 18.5 Å². The van der Waals surface area contributed by atoms with E-state index in [9.17, 15) is 19.8 Å². The second kappa shape index (κ2) is 69.8. The lowest BCUT2D eigenvalue weighted by Gasteiger charge is -2.20. The van der Waals surface area contributed by atoms with Crippen molar-refractivity contribution in [2.24, 2.45) is 0 Å². The first-order valence-electron chi connectivity index (χ1n) is 36.6. The second-order valence-corrected chi connectivity index (χ2v) is 25.3. The summed E-state index contributed by atoms with van der Waals surface area (Å²) >= 11 is 0. The quantitative estimate of drug-likeness (QED) is 0.0320. The van der Waals surface area contributed by atoms with Crippen LogP contribution in [0.1, 0.15) is 412 Å². The highest BCUT2D eigenvalue weighted by molar-refractivity contribution is 5.76. The minimum atomic E-state index is -0.840. The summed E-state index contributed by atoms with van der Waals surface area (Å²) in [6.07, 6.45) is 88.6. The van der Waals surface area contributed by atoms with Crippen LogP contribution in [0, 0.1) is 0 Å². The molecule has 0 saturated carbocycles. The fourth-order valence-corrected chi connectivity index (χ4v) is 11.6. The molecule has 2 atom stereocenters. The van der Waals surface area contributed by atoms with Gasteiger partial charge in [-0.1, -0.05) is 372 Å². The maximum absolute atomic E-state index is 12.5. The molecule has 0 aliphatic rings. The number of aliphatic hydroxyl groups is 2. The third kappa shape index (κ3) is 65.5. The summed E-state index contributed by atoms with van der Waals surface area (Å²) in [5.41, 5.74) is 0. The summed E-state index contributed by atoms with van der Waals surface area (Å²) in [7, 11) is 0. The van der Waals surface area contributed by atoms with Crippen LogP contribution in [0.5, 0.6) is 0 Å². The molecule has 0 rings (SSSR count). The Balaban J connectivity index is 3.31. The van der Waals surface area contributed by atoms with E-state index >= 15 is 0 Å². The van der Waals surface area contributed by atoms with Gasteiger partial charge >= 0.3 is 5.97 Å². The Morgan fingerprint density at radius 1 is 0.338 bits per heavy atom. The van der Waals surface area contributed by atoms with E-state index in [2.05, 4.69) is 31.3 Å². The first-order chi connectivity index (χ1) is 39.5. The molecule has 0 heterocycles. The third-order valence-electron chi connectivity index (χ3n) is 17.2. The van der Waals surface area contributed by atoms with Crippen molar-refractivity contribution in [2.75, 3.05) is 13.2 Å². The van der Waals surface area contributed by atoms with Crippen molar-refractivity contribution in [1.29, 1.82) is 0 Å². The summed E-state index contributed by atoms with van der Waals surface area (Å²) in [6, 6.07) is -0.623. The number of allylic oxidation sites excluding steroid dienone is 3. The van der Waals surface area contributed by atoms with E-state index in [1.807, 2.05) is 6.08 Å². The molecule has 6 nitrogen and oxygen atoms in total. The average Bonchev–Trinajstić information content (AvgIpc) is 3.46. The molecule has 0 radical (unpaired) electrons. The number of amides is 1. The molecule has 2 unspecified atom stereocenters. The van der Waals surface area contributed by atoms with E-state index in [0.717, 1.165) is 44.9 Å². The van der Waals surface area contributed by atoms with Crippen LogP contribution in [0.15, 0.2) is 24.3 Å². The SMILES string of the molecule is CCCC/C=C\CCCCCCCC(=O)OCCCCCCCCCCCCCCCCCCCCCCCCCCCCCCCCCCCCCCCC(=O)NC(CO)C(O)/C=C/CCCCCCCCCCCCCCC. The molecular formula is C74H143NO5. The van der Waals surface area contributed by atoms with E-state index in [1.165, 1.54) is 340 Å². The molecule has 3 N–H and O–H groups in total. The highest BCUT2D eigenvalue weighted by Crippen LogP contribution is 2.19. The standard InChI is InChI=1S/C74H143NO5/c1-3-5-7-9-11-13-15-16-40-43-47-50-54-58-62-66-72(77)71(70-76)75-73(78)67-63-59-55-51-48-44-41-38-36-34-32-30-28-26-24-22-20-18-17-19-21-23-25-27-29-31-33-35-37-39-42-45-49-53-57-61-65-69-80-74(79)68-64-60-56-52-46-14-12-10-8-6-4-2/h10,12,62,66,71-72,76-77H,3-9,11,13-61,63-65,67-70H2,1-2H3,(H,75,78)/b12-10-,66-62+. The predicted octanol–water partition coefficient (Wildman–Crippen LogP) is 23.7. The first kappa shape index (κ1) is 78.3. The minimum Gasteiger partial charge on any atom is -0.466 e. The Morgan fingerprint density at radius 3 is 0.925 bits per heavy atom. The van der Waals surface area contributed by atoms with Gasteiger partial charge in [-0.25, -0.2) is 0 Å². The van der Waals surface area contributed by atoms with Gasteiger partial charge in [0.25, 0.3) is 0 Å². The van der Waals surface area contributed by atoms with Gasteiger partial charge in [0.2, 0.25) is 5.91 Å². The molecule has 0 fully saturated rings. The summed E-state index contributed by atoms with van der Waals surface area (Å²) < 4.78 is 5.47. The number of esters is 1. The van der Waals surface area contributed by atoms with Crippen molar-refractivity contribution in [3.05, 3.63) is 24.3 Å². The van der Waals surface area contributed by atoms with Gasteiger partial charge in [-0.2, -0.15) is 0 Å². The van der Waals surface area contributed by atoms with Crippen LogP contribution in [-0.4, -0.2) is 47.4 Å². The molecule has 6 heteroatoms. The number of nitrogens with one attached hydrogen (secondary N) is 1. The lowest BCUT2D eigenvalue weighted by Crippen LogP contribution is -2.45. The van der Waals surface area contributed by atoms with Gasteiger partial charge in [-0.15, -0.1) is 0 Å².